The van der Waals surface area contributed by atoms with Crippen molar-refractivity contribution in [2.24, 2.45) is 0 Å². The third-order valence-corrected chi connectivity index (χ3v) is 5.83. The second-order valence-corrected chi connectivity index (χ2v) is 8.20. The quantitative estimate of drug-likeness (QED) is 0.369. The molecule has 4 rings (SSSR count). The van der Waals surface area contributed by atoms with Gasteiger partial charge in [-0.3, -0.25) is 4.79 Å². The number of amides is 1. The molecule has 4 aromatic rings. The third kappa shape index (κ3) is 4.17. The van der Waals surface area contributed by atoms with Crippen LogP contribution in [0.4, 0.5) is 0 Å². The minimum absolute atomic E-state index is 0.223. The minimum atomic E-state index is -0.356. The lowest BCUT2D eigenvalue weighted by molar-refractivity contribution is 0.0937. The van der Waals surface area contributed by atoms with E-state index >= 15 is 0 Å². The summed E-state index contributed by atoms with van der Waals surface area (Å²) in [5, 5.41) is 4.69. The first-order valence-corrected chi connectivity index (χ1v) is 10.5. The fraction of sp³-hybridized carbons (Fsp3) is 0.130. The van der Waals surface area contributed by atoms with Crippen molar-refractivity contribution in [3.8, 4) is 0 Å². The van der Waals surface area contributed by atoms with Crippen molar-refractivity contribution in [1.29, 1.82) is 0 Å². The number of fused-ring (bicyclic) bond motifs is 1. The molecule has 7 heteroatoms. The van der Waals surface area contributed by atoms with Crippen LogP contribution in [0.5, 0.6) is 0 Å². The molecule has 152 valence electrons. The van der Waals surface area contributed by atoms with Crippen LogP contribution in [0.1, 0.15) is 34.7 Å². The molecule has 1 amide bonds. The Bertz CT molecular complexity index is 1220. The Morgan fingerprint density at radius 3 is 2.43 bits per heavy atom. The Hall–Kier alpha value is -2.53. The van der Waals surface area contributed by atoms with E-state index in [1.807, 2.05) is 54.0 Å². The zero-order chi connectivity index (χ0) is 21.3. The lowest BCUT2D eigenvalue weighted by Crippen LogP contribution is -2.28. The molecule has 1 aromatic heterocycles. The van der Waals surface area contributed by atoms with E-state index in [2.05, 4.69) is 5.32 Å². The van der Waals surface area contributed by atoms with E-state index in [0.717, 1.165) is 16.6 Å². The zero-order valence-electron chi connectivity index (χ0n) is 16.1. The van der Waals surface area contributed by atoms with Crippen LogP contribution in [-0.4, -0.2) is 15.5 Å². The summed E-state index contributed by atoms with van der Waals surface area (Å²) in [4.78, 5) is 17.5. The van der Waals surface area contributed by atoms with Gasteiger partial charge < -0.3 is 9.88 Å². The van der Waals surface area contributed by atoms with E-state index in [-0.39, 0.29) is 11.9 Å². The van der Waals surface area contributed by atoms with E-state index in [1.165, 1.54) is 0 Å². The molecular weight excluding hydrogens is 441 g/mol. The number of hydrogen-bond donors (Lipinski definition) is 1. The molecule has 0 aliphatic rings. The van der Waals surface area contributed by atoms with Gasteiger partial charge in [0.15, 0.2) is 0 Å². The number of nitrogens with zero attached hydrogens (tertiary/aromatic N) is 2. The third-order valence-electron chi connectivity index (χ3n) is 4.88. The number of aromatic nitrogens is 2. The van der Waals surface area contributed by atoms with Crippen molar-refractivity contribution in [1.82, 2.24) is 14.9 Å². The predicted molar refractivity (Wildman–Crippen MR) is 123 cm³/mol. The van der Waals surface area contributed by atoms with Crippen LogP contribution >= 0.6 is 34.8 Å². The first-order valence-electron chi connectivity index (χ1n) is 9.38. The van der Waals surface area contributed by atoms with Gasteiger partial charge in [0.05, 0.1) is 23.6 Å². The molecule has 1 atom stereocenters. The van der Waals surface area contributed by atoms with E-state index in [9.17, 15) is 4.79 Å². The van der Waals surface area contributed by atoms with Crippen molar-refractivity contribution >= 4 is 51.7 Å². The Labute approximate surface area is 189 Å². The molecule has 0 saturated heterocycles. The standard InChI is InChI=1S/C23H18Cl3N3O/c1-14(27-23(30)15-6-4-7-16(24)12-15)22-28-20-10-2-3-11-21(20)29(22)13-17-18(25)8-5-9-19(17)26/h2-12,14H,13H2,1H3,(H,27,30)/t14-/m1/s1. The van der Waals surface area contributed by atoms with Gasteiger partial charge in [-0.25, -0.2) is 4.98 Å². The van der Waals surface area contributed by atoms with Gasteiger partial charge in [0.25, 0.3) is 5.91 Å². The maximum absolute atomic E-state index is 12.7. The molecule has 0 aliphatic heterocycles. The van der Waals surface area contributed by atoms with E-state index < -0.39 is 0 Å². The SMILES string of the molecule is C[C@@H](NC(=O)c1cccc(Cl)c1)c1nc2ccccc2n1Cc1c(Cl)cccc1Cl. The minimum Gasteiger partial charge on any atom is -0.342 e. The largest absolute Gasteiger partial charge is 0.342 e. The number of para-hydroxylation sites is 2. The van der Waals surface area contributed by atoms with Crippen molar-refractivity contribution in [3.05, 3.63) is 98.7 Å². The summed E-state index contributed by atoms with van der Waals surface area (Å²) in [5.41, 5.74) is 3.07. The second-order valence-electron chi connectivity index (χ2n) is 6.95. The molecule has 0 spiro atoms. The van der Waals surface area contributed by atoms with Crippen LogP contribution in [0.3, 0.4) is 0 Å². The molecule has 0 fully saturated rings. The van der Waals surface area contributed by atoms with Gasteiger partial charge in [-0.2, -0.15) is 0 Å². The van der Waals surface area contributed by atoms with E-state index in [4.69, 9.17) is 39.8 Å². The topological polar surface area (TPSA) is 46.9 Å². The zero-order valence-corrected chi connectivity index (χ0v) is 18.3. The lowest BCUT2D eigenvalue weighted by Gasteiger charge is -2.17. The molecule has 30 heavy (non-hydrogen) atoms. The van der Waals surface area contributed by atoms with Crippen LogP contribution in [0.15, 0.2) is 66.7 Å². The van der Waals surface area contributed by atoms with Crippen LogP contribution in [0.25, 0.3) is 11.0 Å². The fourth-order valence-corrected chi connectivity index (χ4v) is 4.11. The molecule has 1 N–H and O–H groups in total. The number of imidazole rings is 1. The van der Waals surface area contributed by atoms with Gasteiger partial charge in [0, 0.05) is 26.2 Å². The maximum atomic E-state index is 12.7. The van der Waals surface area contributed by atoms with Gasteiger partial charge in [-0.05, 0) is 49.4 Å². The lowest BCUT2D eigenvalue weighted by atomic mass is 10.2. The first kappa shape index (κ1) is 20.7. The number of carbonyl (C=O) groups is 1. The molecule has 0 aliphatic carbocycles. The highest BCUT2D eigenvalue weighted by Gasteiger charge is 2.20. The predicted octanol–water partition coefficient (Wildman–Crippen LogP) is 6.54. The fourth-order valence-electron chi connectivity index (χ4n) is 3.41. The number of rotatable bonds is 5. The smallest absolute Gasteiger partial charge is 0.251 e. The van der Waals surface area contributed by atoms with Gasteiger partial charge in [-0.15, -0.1) is 0 Å². The van der Waals surface area contributed by atoms with Gasteiger partial charge in [-0.1, -0.05) is 59.1 Å². The summed E-state index contributed by atoms with van der Waals surface area (Å²) in [6.07, 6.45) is 0. The average molecular weight is 459 g/mol. The summed E-state index contributed by atoms with van der Waals surface area (Å²) < 4.78 is 2.03. The number of nitrogens with one attached hydrogen (secondary N) is 1. The highest BCUT2D eigenvalue weighted by molar-refractivity contribution is 6.36. The first-order chi connectivity index (χ1) is 14.4. The van der Waals surface area contributed by atoms with Crippen molar-refractivity contribution in [3.63, 3.8) is 0 Å². The summed E-state index contributed by atoms with van der Waals surface area (Å²) >= 11 is 18.8. The maximum Gasteiger partial charge on any atom is 0.251 e. The summed E-state index contributed by atoms with van der Waals surface area (Å²) in [6.45, 7) is 2.33. The van der Waals surface area contributed by atoms with Crippen molar-refractivity contribution in [2.75, 3.05) is 0 Å². The second kappa shape index (κ2) is 8.68. The Kier molecular flexibility index (Phi) is 6.00. The molecule has 0 radical (unpaired) electrons. The average Bonchev–Trinajstić information content (AvgIpc) is 3.09. The molecule has 4 nitrogen and oxygen atoms in total. The number of halogens is 3. The monoisotopic (exact) mass is 457 g/mol. The molecular formula is C23H18Cl3N3O. The number of hydrogen-bond acceptors (Lipinski definition) is 2. The van der Waals surface area contributed by atoms with E-state index in [0.29, 0.717) is 33.0 Å². The number of carbonyl (C=O) groups excluding carboxylic acids is 1. The van der Waals surface area contributed by atoms with E-state index in [1.54, 1.807) is 24.3 Å². The van der Waals surface area contributed by atoms with Gasteiger partial charge in [0.1, 0.15) is 5.82 Å². The normalized spacial score (nSPS) is 12.1. The molecule has 1 heterocycles. The summed E-state index contributed by atoms with van der Waals surface area (Å²) in [5.74, 6) is 0.488. The van der Waals surface area contributed by atoms with Crippen LogP contribution in [0, 0.1) is 0 Å². The van der Waals surface area contributed by atoms with Crippen molar-refractivity contribution in [2.45, 2.75) is 19.5 Å². The van der Waals surface area contributed by atoms with Crippen LogP contribution < -0.4 is 5.32 Å². The number of benzene rings is 3. The van der Waals surface area contributed by atoms with Gasteiger partial charge >= 0.3 is 0 Å². The molecule has 0 bridgehead atoms. The Morgan fingerprint density at radius 1 is 1.00 bits per heavy atom. The molecule has 0 saturated carbocycles. The summed E-state index contributed by atoms with van der Waals surface area (Å²) in [6, 6.07) is 19.7. The summed E-state index contributed by atoms with van der Waals surface area (Å²) in [7, 11) is 0. The molecule has 0 unspecified atom stereocenters. The van der Waals surface area contributed by atoms with Crippen molar-refractivity contribution < 1.29 is 4.79 Å². The highest BCUT2D eigenvalue weighted by atomic mass is 35.5. The molecule has 3 aromatic carbocycles. The van der Waals surface area contributed by atoms with Crippen LogP contribution in [-0.2, 0) is 6.54 Å². The van der Waals surface area contributed by atoms with Crippen LogP contribution in [0.2, 0.25) is 15.1 Å². The Balaban J connectivity index is 1.71. The Morgan fingerprint density at radius 2 is 1.70 bits per heavy atom. The van der Waals surface area contributed by atoms with Gasteiger partial charge in [0.2, 0.25) is 0 Å². The highest BCUT2D eigenvalue weighted by Crippen LogP contribution is 2.29.